The zero-order valence-electron chi connectivity index (χ0n) is 16.2. The van der Waals surface area contributed by atoms with Crippen molar-refractivity contribution in [2.24, 2.45) is 20.5 Å². The van der Waals surface area contributed by atoms with E-state index in [0.717, 1.165) is 5.56 Å². The molecule has 0 atom stereocenters. The Morgan fingerprint density at radius 3 is 2.07 bits per heavy atom. The molecular formula is C20H19N5O4S. The monoisotopic (exact) mass is 425 g/mol. The van der Waals surface area contributed by atoms with Crippen LogP contribution in [0.2, 0.25) is 0 Å². The quantitative estimate of drug-likeness (QED) is 0.298. The van der Waals surface area contributed by atoms with Crippen molar-refractivity contribution in [2.75, 3.05) is 12.8 Å². The predicted molar refractivity (Wildman–Crippen MR) is 113 cm³/mol. The van der Waals surface area contributed by atoms with Crippen LogP contribution in [0.1, 0.15) is 5.56 Å². The molecule has 0 aliphatic rings. The molecule has 0 aliphatic heterocycles. The normalized spacial score (nSPS) is 12.0. The van der Waals surface area contributed by atoms with Gasteiger partial charge in [-0.25, -0.2) is 0 Å². The van der Waals surface area contributed by atoms with E-state index < -0.39 is 10.1 Å². The van der Waals surface area contributed by atoms with Crippen molar-refractivity contribution in [3.8, 4) is 5.75 Å². The van der Waals surface area contributed by atoms with Crippen LogP contribution in [0.4, 0.5) is 28.4 Å². The number of nitrogen functional groups attached to an aromatic ring is 1. The second kappa shape index (κ2) is 8.80. The van der Waals surface area contributed by atoms with Crippen LogP contribution in [-0.4, -0.2) is 20.1 Å². The average Bonchev–Trinajstić information content (AvgIpc) is 2.72. The van der Waals surface area contributed by atoms with Crippen LogP contribution in [0.25, 0.3) is 0 Å². The van der Waals surface area contributed by atoms with Crippen LogP contribution in [0.15, 0.2) is 86.0 Å². The first-order chi connectivity index (χ1) is 14.3. The summed E-state index contributed by atoms with van der Waals surface area (Å²) in [7, 11) is -2.76. The summed E-state index contributed by atoms with van der Waals surface area (Å²) in [4.78, 5) is -0.246. The molecule has 3 aromatic rings. The molecule has 0 spiro atoms. The predicted octanol–water partition coefficient (Wildman–Crippen LogP) is 5.66. The van der Waals surface area contributed by atoms with E-state index in [-0.39, 0.29) is 4.90 Å². The van der Waals surface area contributed by atoms with Gasteiger partial charge < -0.3 is 10.5 Å². The van der Waals surface area contributed by atoms with E-state index in [1.54, 1.807) is 42.5 Å². The first-order valence-electron chi connectivity index (χ1n) is 8.71. The van der Waals surface area contributed by atoms with E-state index in [1.165, 1.54) is 25.3 Å². The zero-order valence-corrected chi connectivity index (χ0v) is 17.0. The molecule has 3 aromatic carbocycles. The van der Waals surface area contributed by atoms with Gasteiger partial charge in [0.1, 0.15) is 5.75 Å². The third-order valence-corrected chi connectivity index (χ3v) is 4.92. The van der Waals surface area contributed by atoms with Crippen molar-refractivity contribution in [2.45, 2.75) is 11.8 Å². The lowest BCUT2D eigenvalue weighted by atomic mass is 10.1. The van der Waals surface area contributed by atoms with Gasteiger partial charge in [0.25, 0.3) is 10.1 Å². The molecule has 0 aromatic heterocycles. The Kier molecular flexibility index (Phi) is 6.19. The summed E-state index contributed by atoms with van der Waals surface area (Å²) >= 11 is 0. The molecule has 0 heterocycles. The van der Waals surface area contributed by atoms with Gasteiger partial charge in [0.2, 0.25) is 0 Å². The summed E-state index contributed by atoms with van der Waals surface area (Å²) in [5.41, 5.74) is 9.35. The van der Waals surface area contributed by atoms with Crippen LogP contribution in [0.3, 0.4) is 0 Å². The highest BCUT2D eigenvalue weighted by molar-refractivity contribution is 7.85. The van der Waals surface area contributed by atoms with Gasteiger partial charge in [-0.1, -0.05) is 6.07 Å². The fourth-order valence-corrected chi connectivity index (χ4v) is 3.02. The highest BCUT2D eigenvalue weighted by atomic mass is 32.2. The van der Waals surface area contributed by atoms with E-state index in [4.69, 9.17) is 15.0 Å². The minimum Gasteiger partial charge on any atom is -0.495 e. The molecule has 0 radical (unpaired) electrons. The van der Waals surface area contributed by atoms with E-state index in [2.05, 4.69) is 20.5 Å². The van der Waals surface area contributed by atoms with Crippen LogP contribution in [0, 0.1) is 6.92 Å². The molecule has 154 valence electrons. The van der Waals surface area contributed by atoms with Gasteiger partial charge >= 0.3 is 0 Å². The fraction of sp³-hybridized carbons (Fsp3) is 0.100. The number of anilines is 1. The lowest BCUT2D eigenvalue weighted by Crippen LogP contribution is -1.96. The molecule has 3 rings (SSSR count). The van der Waals surface area contributed by atoms with Crippen LogP contribution < -0.4 is 10.5 Å². The minimum atomic E-state index is -4.29. The van der Waals surface area contributed by atoms with Gasteiger partial charge in [0.15, 0.2) is 0 Å². The van der Waals surface area contributed by atoms with Gasteiger partial charge in [-0.2, -0.15) is 28.9 Å². The Morgan fingerprint density at radius 1 is 0.867 bits per heavy atom. The molecule has 3 N–H and O–H groups in total. The average molecular weight is 425 g/mol. The minimum absolute atomic E-state index is 0.246. The summed E-state index contributed by atoms with van der Waals surface area (Å²) in [6.07, 6.45) is 0. The SMILES string of the molecule is COc1cc(N=Nc2ccc(N=Nc3cccc(S(=O)(=O)O)c3)cc2)c(C)cc1N. The standard InChI is InChI=1S/C20H19N5O4S/c1-13-10-18(21)20(29-2)12-19(13)25-23-15-8-6-14(7-9-15)22-24-16-4-3-5-17(11-16)30(26,27)28/h3-12H,21H2,1-2H3,(H,26,27,28). The first-order valence-corrected chi connectivity index (χ1v) is 10.2. The van der Waals surface area contributed by atoms with E-state index in [1.807, 2.05) is 6.92 Å². The summed E-state index contributed by atoms with van der Waals surface area (Å²) in [5, 5.41) is 16.5. The molecule has 30 heavy (non-hydrogen) atoms. The van der Waals surface area contributed by atoms with Crippen molar-refractivity contribution in [3.05, 3.63) is 66.2 Å². The number of methoxy groups -OCH3 is 1. The molecule has 0 bridgehead atoms. The van der Waals surface area contributed by atoms with E-state index >= 15 is 0 Å². The van der Waals surface area contributed by atoms with Gasteiger partial charge in [-0.05, 0) is 61.0 Å². The van der Waals surface area contributed by atoms with Crippen LogP contribution in [0.5, 0.6) is 5.75 Å². The number of rotatable bonds is 6. The Balaban J connectivity index is 1.74. The number of hydrogen-bond acceptors (Lipinski definition) is 8. The Hall–Kier alpha value is -3.63. The van der Waals surface area contributed by atoms with E-state index in [9.17, 15) is 8.42 Å². The summed E-state index contributed by atoms with van der Waals surface area (Å²) in [6, 6.07) is 15.9. The molecule has 0 aliphatic carbocycles. The number of nitrogens with two attached hydrogens (primary N) is 1. The van der Waals surface area contributed by atoms with Crippen molar-refractivity contribution in [1.82, 2.24) is 0 Å². The van der Waals surface area contributed by atoms with Gasteiger partial charge in [-0.3, -0.25) is 4.55 Å². The molecule has 0 saturated heterocycles. The van der Waals surface area contributed by atoms with Crippen molar-refractivity contribution < 1.29 is 17.7 Å². The second-order valence-electron chi connectivity index (χ2n) is 6.27. The summed E-state index contributed by atoms with van der Waals surface area (Å²) in [6.45, 7) is 1.88. The molecule has 0 unspecified atom stereocenters. The summed E-state index contributed by atoms with van der Waals surface area (Å²) in [5.74, 6) is 0.531. The molecular weight excluding hydrogens is 406 g/mol. The molecule has 9 nitrogen and oxygen atoms in total. The first kappa shape index (κ1) is 21.1. The smallest absolute Gasteiger partial charge is 0.294 e. The lowest BCUT2D eigenvalue weighted by Gasteiger charge is -2.07. The number of azo groups is 2. The highest BCUT2D eigenvalue weighted by Gasteiger charge is 2.09. The van der Waals surface area contributed by atoms with Crippen molar-refractivity contribution >= 4 is 38.6 Å². The fourth-order valence-electron chi connectivity index (χ4n) is 2.50. The Morgan fingerprint density at radius 2 is 1.47 bits per heavy atom. The van der Waals surface area contributed by atoms with E-state index in [0.29, 0.717) is 34.2 Å². The Bertz CT molecular complexity index is 1220. The Labute approximate surface area is 173 Å². The number of benzene rings is 3. The lowest BCUT2D eigenvalue weighted by molar-refractivity contribution is 0.417. The van der Waals surface area contributed by atoms with Gasteiger partial charge in [0, 0.05) is 6.07 Å². The third-order valence-electron chi connectivity index (χ3n) is 4.07. The van der Waals surface area contributed by atoms with Crippen molar-refractivity contribution in [1.29, 1.82) is 0 Å². The number of hydrogen-bond donors (Lipinski definition) is 2. The van der Waals surface area contributed by atoms with Crippen LogP contribution >= 0.6 is 0 Å². The van der Waals surface area contributed by atoms with Crippen LogP contribution in [-0.2, 0) is 10.1 Å². The largest absolute Gasteiger partial charge is 0.495 e. The molecule has 0 fully saturated rings. The molecule has 0 saturated carbocycles. The summed E-state index contributed by atoms with van der Waals surface area (Å²) < 4.78 is 36.7. The topological polar surface area (TPSA) is 139 Å². The zero-order chi connectivity index (χ0) is 21.7. The number of ether oxygens (including phenoxy) is 1. The number of aryl methyl sites for hydroxylation is 1. The second-order valence-corrected chi connectivity index (χ2v) is 7.69. The molecule has 10 heteroatoms. The number of nitrogens with zero attached hydrogens (tertiary/aromatic N) is 4. The highest BCUT2D eigenvalue weighted by Crippen LogP contribution is 2.32. The van der Waals surface area contributed by atoms with Gasteiger partial charge in [-0.15, -0.1) is 0 Å². The maximum Gasteiger partial charge on any atom is 0.294 e. The maximum atomic E-state index is 11.2. The third kappa shape index (κ3) is 5.25. The maximum absolute atomic E-state index is 11.2. The van der Waals surface area contributed by atoms with Gasteiger partial charge in [0.05, 0.1) is 40.4 Å². The molecule has 0 amide bonds. The van der Waals surface area contributed by atoms with Crippen molar-refractivity contribution in [3.63, 3.8) is 0 Å².